The van der Waals surface area contributed by atoms with Crippen LogP contribution >= 0.6 is 0 Å². The van der Waals surface area contributed by atoms with E-state index in [2.05, 4.69) is 51.2 Å². The smallest absolute Gasteiger partial charge is 0.308 e. The molecule has 0 aromatic heterocycles. The molecule has 0 bridgehead atoms. The Balaban J connectivity index is 1.89. The molecule has 1 saturated heterocycles. The van der Waals surface area contributed by atoms with E-state index >= 15 is 0 Å². The van der Waals surface area contributed by atoms with E-state index in [0.717, 1.165) is 12.0 Å². The van der Waals surface area contributed by atoms with E-state index in [4.69, 9.17) is 18.9 Å². The zero-order valence-corrected chi connectivity index (χ0v) is 20.9. The van der Waals surface area contributed by atoms with Gasteiger partial charge in [-0.1, -0.05) is 51.2 Å². The summed E-state index contributed by atoms with van der Waals surface area (Å²) in [5.74, 6) is 0.386. The van der Waals surface area contributed by atoms with Gasteiger partial charge >= 0.3 is 5.97 Å². The molecule has 0 aromatic rings. The summed E-state index contributed by atoms with van der Waals surface area (Å²) in [5, 5.41) is 9.94. The second-order valence-corrected chi connectivity index (χ2v) is 9.75. The molecule has 0 unspecified atom stereocenters. The van der Waals surface area contributed by atoms with Gasteiger partial charge in [0, 0.05) is 18.9 Å². The molecule has 2 rings (SSSR count). The van der Waals surface area contributed by atoms with Gasteiger partial charge in [0.05, 0.1) is 49.7 Å². The van der Waals surface area contributed by atoms with Gasteiger partial charge < -0.3 is 24.1 Å². The molecular weight excluding hydrogens is 408 g/mol. The molecule has 0 spiro atoms. The normalized spacial score (nSPS) is 34.2. The number of aliphatic hydroxyl groups excluding tert-OH is 1. The highest BCUT2D eigenvalue weighted by atomic mass is 16.6. The van der Waals surface area contributed by atoms with Crippen molar-refractivity contribution in [3.05, 3.63) is 36.0 Å². The summed E-state index contributed by atoms with van der Waals surface area (Å²) >= 11 is 0. The highest BCUT2D eigenvalue weighted by Gasteiger charge is 2.56. The zero-order valence-electron chi connectivity index (χ0n) is 20.9. The summed E-state index contributed by atoms with van der Waals surface area (Å²) in [4.78, 5) is 11.6. The van der Waals surface area contributed by atoms with E-state index in [0.29, 0.717) is 5.92 Å². The fourth-order valence-electron chi connectivity index (χ4n) is 4.80. The molecule has 6 heteroatoms. The molecule has 0 amide bonds. The Hall–Kier alpha value is -1.47. The molecule has 0 aliphatic carbocycles. The maximum absolute atomic E-state index is 11.6. The second kappa shape index (κ2) is 11.6. The molecule has 182 valence electrons. The van der Waals surface area contributed by atoms with Gasteiger partial charge in [-0.25, -0.2) is 0 Å². The van der Waals surface area contributed by atoms with Crippen molar-refractivity contribution < 1.29 is 28.8 Å². The van der Waals surface area contributed by atoms with Crippen LogP contribution in [0.15, 0.2) is 36.0 Å². The number of hydrogen-bond acceptors (Lipinski definition) is 6. The van der Waals surface area contributed by atoms with E-state index in [-0.39, 0.29) is 54.2 Å². The second-order valence-electron chi connectivity index (χ2n) is 9.75. The quantitative estimate of drug-likeness (QED) is 0.220. The molecule has 0 aromatic carbocycles. The van der Waals surface area contributed by atoms with E-state index in [1.807, 2.05) is 13.8 Å². The first-order chi connectivity index (χ1) is 15.0. The maximum Gasteiger partial charge on any atom is 0.308 e. The number of methoxy groups -OCH3 is 2. The van der Waals surface area contributed by atoms with Gasteiger partial charge in [-0.3, -0.25) is 4.79 Å². The Labute approximate surface area is 193 Å². The number of ether oxygens (including phenoxy) is 4. The third kappa shape index (κ3) is 7.01. The van der Waals surface area contributed by atoms with Crippen molar-refractivity contribution in [2.45, 2.75) is 90.5 Å². The van der Waals surface area contributed by atoms with Crippen molar-refractivity contribution in [3.8, 4) is 0 Å². The van der Waals surface area contributed by atoms with Crippen molar-refractivity contribution in [2.75, 3.05) is 14.2 Å². The van der Waals surface area contributed by atoms with Crippen molar-refractivity contribution >= 4 is 5.97 Å². The minimum Gasteiger partial charge on any atom is -0.469 e. The minimum atomic E-state index is -0.528. The third-order valence-electron chi connectivity index (χ3n) is 6.75. The topological polar surface area (TPSA) is 77.5 Å². The average molecular weight is 451 g/mol. The van der Waals surface area contributed by atoms with E-state index in [1.165, 1.54) is 7.11 Å². The van der Waals surface area contributed by atoms with Crippen LogP contribution in [0.2, 0.25) is 0 Å². The summed E-state index contributed by atoms with van der Waals surface area (Å²) in [5.41, 5.74) is 0.895. The molecule has 2 aliphatic heterocycles. The summed E-state index contributed by atoms with van der Waals surface area (Å²) in [6.45, 7) is 12.2. The highest BCUT2D eigenvalue weighted by molar-refractivity contribution is 5.69. The molecule has 0 saturated carbocycles. The van der Waals surface area contributed by atoms with Crippen LogP contribution in [0.3, 0.4) is 0 Å². The first-order valence-electron chi connectivity index (χ1n) is 11.7. The first kappa shape index (κ1) is 26.8. The van der Waals surface area contributed by atoms with Crippen LogP contribution in [0.1, 0.15) is 54.4 Å². The van der Waals surface area contributed by atoms with Crippen molar-refractivity contribution in [3.63, 3.8) is 0 Å². The number of carbonyl (C=O) groups is 1. The molecule has 2 heterocycles. The van der Waals surface area contributed by atoms with Crippen LogP contribution in [-0.2, 0) is 23.7 Å². The predicted octanol–water partition coefficient (Wildman–Crippen LogP) is 4.23. The number of allylic oxidation sites excluding steroid dienone is 3. The molecule has 2 aliphatic rings. The molecule has 1 N–H and O–H groups in total. The monoisotopic (exact) mass is 450 g/mol. The van der Waals surface area contributed by atoms with E-state index in [1.54, 1.807) is 14.0 Å². The molecule has 6 nitrogen and oxygen atoms in total. The van der Waals surface area contributed by atoms with Crippen LogP contribution in [-0.4, -0.2) is 61.4 Å². The Morgan fingerprint density at radius 1 is 1.25 bits per heavy atom. The first-order valence-corrected chi connectivity index (χ1v) is 11.7. The molecule has 9 atom stereocenters. The Morgan fingerprint density at radius 2 is 1.94 bits per heavy atom. The number of esters is 1. The van der Waals surface area contributed by atoms with Crippen LogP contribution < -0.4 is 0 Å². The predicted molar refractivity (Wildman–Crippen MR) is 125 cm³/mol. The van der Waals surface area contributed by atoms with Crippen LogP contribution in [0.25, 0.3) is 0 Å². The van der Waals surface area contributed by atoms with E-state index < -0.39 is 6.10 Å². The minimum absolute atomic E-state index is 0.0877. The van der Waals surface area contributed by atoms with Gasteiger partial charge in [0.2, 0.25) is 0 Å². The number of rotatable bonds is 11. The fraction of sp³-hybridized carbons (Fsp3) is 0.731. The number of carbonyl (C=O) groups excluding carboxylic acids is 1. The molecule has 0 radical (unpaired) electrons. The Bertz CT molecular complexity index is 711. The summed E-state index contributed by atoms with van der Waals surface area (Å²) in [6.07, 6.45) is 10.7. The van der Waals surface area contributed by atoms with Gasteiger partial charge in [0.25, 0.3) is 0 Å². The largest absolute Gasteiger partial charge is 0.469 e. The van der Waals surface area contributed by atoms with Gasteiger partial charge in [0.1, 0.15) is 0 Å². The van der Waals surface area contributed by atoms with Crippen LogP contribution in [0.4, 0.5) is 0 Å². The lowest BCUT2D eigenvalue weighted by Gasteiger charge is -2.30. The third-order valence-corrected chi connectivity index (χ3v) is 6.75. The summed E-state index contributed by atoms with van der Waals surface area (Å²) in [7, 11) is 3.04. The van der Waals surface area contributed by atoms with Crippen molar-refractivity contribution in [1.29, 1.82) is 0 Å². The van der Waals surface area contributed by atoms with Crippen molar-refractivity contribution in [2.24, 2.45) is 17.8 Å². The number of hydrogen-bond donors (Lipinski definition) is 1. The lowest BCUT2D eigenvalue weighted by Crippen LogP contribution is -2.36. The molecule has 1 fully saturated rings. The van der Waals surface area contributed by atoms with Crippen molar-refractivity contribution in [1.82, 2.24) is 0 Å². The zero-order chi connectivity index (χ0) is 24.1. The fourth-order valence-corrected chi connectivity index (χ4v) is 4.80. The molecule has 32 heavy (non-hydrogen) atoms. The average Bonchev–Trinajstić information content (AvgIpc) is 3.39. The van der Waals surface area contributed by atoms with Crippen LogP contribution in [0, 0.1) is 17.8 Å². The number of aliphatic hydroxyl groups is 1. The van der Waals surface area contributed by atoms with Gasteiger partial charge in [-0.2, -0.15) is 0 Å². The van der Waals surface area contributed by atoms with E-state index in [9.17, 15) is 9.90 Å². The van der Waals surface area contributed by atoms with Gasteiger partial charge in [-0.15, -0.1) is 0 Å². The van der Waals surface area contributed by atoms with Gasteiger partial charge in [-0.05, 0) is 38.7 Å². The summed E-state index contributed by atoms with van der Waals surface area (Å²) < 4.78 is 22.4. The summed E-state index contributed by atoms with van der Waals surface area (Å²) in [6, 6.07) is 0. The Morgan fingerprint density at radius 3 is 2.53 bits per heavy atom. The number of epoxide rings is 1. The van der Waals surface area contributed by atoms with Gasteiger partial charge in [0.15, 0.2) is 0 Å². The lowest BCUT2D eigenvalue weighted by molar-refractivity contribution is -0.145. The molecular formula is C26H42O6. The lowest BCUT2D eigenvalue weighted by atomic mass is 9.86. The highest BCUT2D eigenvalue weighted by Crippen LogP contribution is 2.47. The standard InChI is InChI=1S/C26H42O6/c1-16(15-26(6)25(32-26)19(4)24(30-8)20(5)27)10-9-11-17(2)21-13-12-18(3)22(31-21)14-23(28)29-7/h9-13,16,18-22,24-25,27H,14-15H2,1-8H3/b10-9+,17-11+/t16-,18+,19-,20-,21+,22+,24-,25-,26-/m1/s1. The maximum atomic E-state index is 11.6. The SMILES string of the molecule is COC(=O)C[C@@H]1O[C@H](/C(C)=C/C=C/[C@@H](C)C[C@@]2(C)O[C@@H]2[C@H](C)[C@@H](OC)[C@@H](C)O)C=C[C@@H]1C. The van der Waals surface area contributed by atoms with Crippen LogP contribution in [0.5, 0.6) is 0 Å². The Kier molecular flexibility index (Phi) is 9.70.